The highest BCUT2D eigenvalue weighted by molar-refractivity contribution is 5.98. The topological polar surface area (TPSA) is 74.7 Å². The number of aliphatic hydroxyl groups is 1. The molecule has 0 aliphatic carbocycles. The molecule has 0 saturated carbocycles. The van der Waals surface area contributed by atoms with E-state index in [1.54, 1.807) is 12.3 Å². The van der Waals surface area contributed by atoms with Gasteiger partial charge in [-0.2, -0.15) is 0 Å². The number of morpholine rings is 1. The van der Waals surface area contributed by atoms with Crippen LogP contribution in [0.3, 0.4) is 0 Å². The van der Waals surface area contributed by atoms with Gasteiger partial charge in [0, 0.05) is 38.4 Å². The van der Waals surface area contributed by atoms with Gasteiger partial charge in [-0.05, 0) is 23.1 Å². The molecule has 2 N–H and O–H groups in total. The van der Waals surface area contributed by atoms with Crippen molar-refractivity contribution in [1.29, 1.82) is 0 Å². The molecule has 3 rings (SSSR count). The number of hydrogen-bond acceptors (Lipinski definition) is 5. The molecule has 0 radical (unpaired) electrons. The Labute approximate surface area is 166 Å². The molecule has 150 valence electrons. The number of benzene rings is 1. The summed E-state index contributed by atoms with van der Waals surface area (Å²) in [6, 6.07) is 13.6. The monoisotopic (exact) mass is 383 g/mol. The lowest BCUT2D eigenvalue weighted by molar-refractivity contribution is 0.0918. The van der Waals surface area contributed by atoms with Crippen molar-refractivity contribution in [2.75, 3.05) is 44.4 Å². The number of nitrogens with zero attached hydrogens (tertiary/aromatic N) is 2. The quantitative estimate of drug-likeness (QED) is 0.768. The van der Waals surface area contributed by atoms with Crippen LogP contribution in [0.1, 0.15) is 35.7 Å². The number of amides is 1. The molecule has 0 spiro atoms. The number of carbonyl (C=O) groups excluding carboxylic acids is 1. The number of rotatable bonds is 7. The van der Waals surface area contributed by atoms with Gasteiger partial charge in [0.2, 0.25) is 0 Å². The lowest BCUT2D eigenvalue weighted by Gasteiger charge is -2.33. The molecule has 0 bridgehead atoms. The van der Waals surface area contributed by atoms with Crippen LogP contribution < -0.4 is 10.2 Å². The van der Waals surface area contributed by atoms with Crippen molar-refractivity contribution < 1.29 is 14.6 Å². The number of aliphatic hydroxyl groups excluding tert-OH is 1. The number of anilines is 1. The Kier molecular flexibility index (Phi) is 6.65. The largest absolute Gasteiger partial charge is 0.396 e. The van der Waals surface area contributed by atoms with Crippen LogP contribution in [0, 0.1) is 5.41 Å². The summed E-state index contributed by atoms with van der Waals surface area (Å²) >= 11 is 0. The first-order chi connectivity index (χ1) is 13.5. The van der Waals surface area contributed by atoms with Crippen molar-refractivity contribution in [3.05, 3.63) is 59.8 Å². The summed E-state index contributed by atoms with van der Waals surface area (Å²) in [6.07, 6.45) is 1.71. The molecule has 1 aromatic heterocycles. The molecule has 1 aliphatic rings. The van der Waals surface area contributed by atoms with Crippen LogP contribution in [0.2, 0.25) is 0 Å². The molecule has 1 saturated heterocycles. The molecule has 6 heteroatoms. The zero-order chi connectivity index (χ0) is 20.0. The average Bonchev–Trinajstić information content (AvgIpc) is 2.75. The van der Waals surface area contributed by atoms with E-state index in [1.807, 2.05) is 50.2 Å². The molecule has 2 heterocycles. The van der Waals surface area contributed by atoms with Crippen LogP contribution in [0.4, 0.5) is 5.82 Å². The van der Waals surface area contributed by atoms with Gasteiger partial charge in [-0.15, -0.1) is 0 Å². The van der Waals surface area contributed by atoms with E-state index in [0.717, 1.165) is 18.7 Å². The third-order valence-electron chi connectivity index (χ3n) is 5.36. The van der Waals surface area contributed by atoms with Crippen LogP contribution in [-0.4, -0.2) is 55.5 Å². The maximum absolute atomic E-state index is 13.0. The third-order valence-corrected chi connectivity index (χ3v) is 5.36. The van der Waals surface area contributed by atoms with Crippen LogP contribution in [0.25, 0.3) is 0 Å². The summed E-state index contributed by atoms with van der Waals surface area (Å²) < 4.78 is 5.41. The number of ether oxygens (including phenoxy) is 1. The maximum Gasteiger partial charge on any atom is 0.255 e. The summed E-state index contributed by atoms with van der Waals surface area (Å²) in [5.74, 6) is 0.538. The van der Waals surface area contributed by atoms with E-state index in [1.165, 1.54) is 0 Å². The van der Waals surface area contributed by atoms with Gasteiger partial charge in [0.1, 0.15) is 5.82 Å². The van der Waals surface area contributed by atoms with Crippen molar-refractivity contribution in [2.24, 2.45) is 5.41 Å². The zero-order valence-electron chi connectivity index (χ0n) is 16.6. The Bertz CT molecular complexity index is 774. The average molecular weight is 383 g/mol. The second kappa shape index (κ2) is 9.17. The van der Waals surface area contributed by atoms with E-state index < -0.39 is 0 Å². The summed E-state index contributed by atoms with van der Waals surface area (Å²) in [4.78, 5) is 19.5. The lowest BCUT2D eigenvalue weighted by atomic mass is 9.75. The number of carbonyl (C=O) groups is 1. The highest BCUT2D eigenvalue weighted by atomic mass is 16.5. The fraction of sp³-hybridized carbons (Fsp3) is 0.455. The highest BCUT2D eigenvalue weighted by Gasteiger charge is 2.31. The first-order valence-corrected chi connectivity index (χ1v) is 9.74. The van der Waals surface area contributed by atoms with Gasteiger partial charge in [-0.3, -0.25) is 4.79 Å². The Balaban J connectivity index is 1.77. The minimum absolute atomic E-state index is 0.00819. The van der Waals surface area contributed by atoms with E-state index in [4.69, 9.17) is 4.74 Å². The van der Waals surface area contributed by atoms with E-state index >= 15 is 0 Å². The van der Waals surface area contributed by atoms with Gasteiger partial charge in [-0.25, -0.2) is 4.98 Å². The maximum atomic E-state index is 13.0. The van der Waals surface area contributed by atoms with Crippen LogP contribution in [0.15, 0.2) is 48.7 Å². The highest BCUT2D eigenvalue weighted by Crippen LogP contribution is 2.34. The van der Waals surface area contributed by atoms with E-state index in [0.29, 0.717) is 31.1 Å². The molecule has 0 unspecified atom stereocenters. The van der Waals surface area contributed by atoms with Gasteiger partial charge in [0.15, 0.2) is 0 Å². The summed E-state index contributed by atoms with van der Waals surface area (Å²) in [5.41, 5.74) is 1.30. The first-order valence-electron chi connectivity index (χ1n) is 9.74. The van der Waals surface area contributed by atoms with E-state index in [9.17, 15) is 9.90 Å². The van der Waals surface area contributed by atoms with Crippen LogP contribution in [-0.2, 0) is 4.74 Å². The van der Waals surface area contributed by atoms with Gasteiger partial charge in [-0.1, -0.05) is 44.2 Å². The van der Waals surface area contributed by atoms with Crippen molar-refractivity contribution in [3.8, 4) is 0 Å². The second-order valence-electron chi connectivity index (χ2n) is 7.79. The molecule has 1 atom stereocenters. The predicted molar refractivity (Wildman–Crippen MR) is 110 cm³/mol. The predicted octanol–water partition coefficient (Wildman–Crippen LogP) is 2.45. The zero-order valence-corrected chi connectivity index (χ0v) is 16.6. The fourth-order valence-electron chi connectivity index (χ4n) is 3.53. The van der Waals surface area contributed by atoms with Crippen molar-refractivity contribution in [2.45, 2.75) is 19.8 Å². The summed E-state index contributed by atoms with van der Waals surface area (Å²) in [6.45, 7) is 7.22. The molecule has 28 heavy (non-hydrogen) atoms. The van der Waals surface area contributed by atoms with Gasteiger partial charge in [0.05, 0.1) is 18.8 Å². The van der Waals surface area contributed by atoms with Crippen LogP contribution >= 0.6 is 0 Å². The molecule has 2 aromatic rings. The Morgan fingerprint density at radius 3 is 2.61 bits per heavy atom. The fourth-order valence-corrected chi connectivity index (χ4v) is 3.53. The Hall–Kier alpha value is -2.44. The number of aromatic nitrogens is 1. The van der Waals surface area contributed by atoms with Crippen molar-refractivity contribution in [1.82, 2.24) is 10.3 Å². The second-order valence-corrected chi connectivity index (χ2v) is 7.79. The number of nitrogens with one attached hydrogen (secondary N) is 1. The van der Waals surface area contributed by atoms with Gasteiger partial charge in [0.25, 0.3) is 5.91 Å². The molecular formula is C22H29N3O3. The Morgan fingerprint density at radius 2 is 1.93 bits per heavy atom. The van der Waals surface area contributed by atoms with Gasteiger partial charge >= 0.3 is 0 Å². The van der Waals surface area contributed by atoms with Crippen LogP contribution in [0.5, 0.6) is 0 Å². The van der Waals surface area contributed by atoms with Crippen molar-refractivity contribution >= 4 is 11.7 Å². The minimum Gasteiger partial charge on any atom is -0.396 e. The number of pyridine rings is 1. The SMILES string of the molecule is CC(C)(CO)[C@@H](CNC(=O)c1cccnc1N1CCOCC1)c1ccccc1. The summed E-state index contributed by atoms with van der Waals surface area (Å²) in [7, 11) is 0. The molecule has 1 amide bonds. The van der Waals surface area contributed by atoms with E-state index in [2.05, 4.69) is 15.2 Å². The molecule has 6 nitrogen and oxygen atoms in total. The minimum atomic E-state index is -0.364. The normalized spacial score (nSPS) is 15.9. The summed E-state index contributed by atoms with van der Waals surface area (Å²) in [5, 5.41) is 13.0. The van der Waals surface area contributed by atoms with Crippen molar-refractivity contribution in [3.63, 3.8) is 0 Å². The lowest BCUT2D eigenvalue weighted by Crippen LogP contribution is -2.40. The third kappa shape index (κ3) is 4.69. The standard InChI is InChI=1S/C22H29N3O3/c1-22(2,16-26)19(17-7-4-3-5-8-17)15-24-21(27)18-9-6-10-23-20(18)25-11-13-28-14-12-25/h3-10,19,26H,11-16H2,1-2H3,(H,24,27)/t19-/m0/s1. The molecular weight excluding hydrogens is 354 g/mol. The first kappa shape index (κ1) is 20.3. The smallest absolute Gasteiger partial charge is 0.255 e. The Morgan fingerprint density at radius 1 is 1.21 bits per heavy atom. The molecule has 1 fully saturated rings. The molecule has 1 aliphatic heterocycles. The van der Waals surface area contributed by atoms with E-state index in [-0.39, 0.29) is 23.8 Å². The van der Waals surface area contributed by atoms with Gasteiger partial charge < -0.3 is 20.1 Å². The molecule has 1 aromatic carbocycles. The number of hydrogen-bond donors (Lipinski definition) is 2.